The fraction of sp³-hybridized carbons (Fsp3) is 0.917. The number of piperazine rings is 1. The Balaban J connectivity index is 0. The first-order valence-electron chi connectivity index (χ1n) is 6.40. The van der Waals surface area contributed by atoms with Gasteiger partial charge in [-0.1, -0.05) is 27.7 Å². The first kappa shape index (κ1) is 17.8. The average molecular weight is 231 g/mol. The summed E-state index contributed by atoms with van der Waals surface area (Å²) in [7, 11) is 2.07. The highest BCUT2D eigenvalue weighted by Gasteiger charge is 2.17. The smallest absolute Gasteiger partial charge is 0.223 e. The monoisotopic (exact) mass is 231 g/mol. The number of likely N-dealkylation sites (N-methyl/N-ethyl adjacent to an activating group) is 1. The minimum Gasteiger partial charge on any atom is -0.340 e. The maximum absolute atomic E-state index is 11.3. The summed E-state index contributed by atoms with van der Waals surface area (Å²) in [5, 5.41) is 0. The number of carbonyl (C=O) groups is 1. The van der Waals surface area contributed by atoms with E-state index in [0.717, 1.165) is 26.2 Å². The van der Waals surface area contributed by atoms with Crippen LogP contribution < -0.4 is 5.73 Å². The molecule has 0 aromatic heterocycles. The molecule has 1 aliphatic heterocycles. The number of nitrogens with two attached hydrogens (primary N) is 1. The molecule has 0 spiro atoms. The zero-order valence-corrected chi connectivity index (χ0v) is 11.6. The number of nitrogens with zero attached hydrogens (tertiary/aromatic N) is 2. The molecule has 1 amide bonds. The second-order valence-corrected chi connectivity index (χ2v) is 3.22. The van der Waals surface area contributed by atoms with E-state index in [1.165, 1.54) is 0 Å². The Morgan fingerprint density at radius 2 is 1.50 bits per heavy atom. The molecular weight excluding hydrogens is 202 g/mol. The van der Waals surface area contributed by atoms with Crippen LogP contribution in [0.15, 0.2) is 0 Å². The van der Waals surface area contributed by atoms with Crippen molar-refractivity contribution in [1.29, 1.82) is 0 Å². The lowest BCUT2D eigenvalue weighted by Gasteiger charge is -2.32. The molecule has 0 atom stereocenters. The summed E-state index contributed by atoms with van der Waals surface area (Å²) in [4.78, 5) is 15.5. The molecule has 0 unspecified atom stereocenters. The Labute approximate surface area is 101 Å². The van der Waals surface area contributed by atoms with Crippen molar-refractivity contribution in [2.24, 2.45) is 5.73 Å². The fourth-order valence-electron chi connectivity index (χ4n) is 1.34. The van der Waals surface area contributed by atoms with E-state index in [-0.39, 0.29) is 5.91 Å². The van der Waals surface area contributed by atoms with Gasteiger partial charge in [-0.15, -0.1) is 0 Å². The van der Waals surface area contributed by atoms with Crippen molar-refractivity contribution < 1.29 is 4.79 Å². The second kappa shape index (κ2) is 12.5. The van der Waals surface area contributed by atoms with Crippen molar-refractivity contribution >= 4 is 5.91 Å². The van der Waals surface area contributed by atoms with Crippen molar-refractivity contribution in [3.05, 3.63) is 0 Å². The van der Waals surface area contributed by atoms with Crippen molar-refractivity contribution in [3.63, 3.8) is 0 Å². The van der Waals surface area contributed by atoms with Crippen molar-refractivity contribution in [3.8, 4) is 0 Å². The third-order valence-electron chi connectivity index (χ3n) is 2.21. The normalized spacial score (nSPS) is 15.5. The summed E-state index contributed by atoms with van der Waals surface area (Å²) < 4.78 is 0. The summed E-state index contributed by atoms with van der Waals surface area (Å²) in [6.45, 7) is 12.1. The van der Waals surface area contributed by atoms with Gasteiger partial charge in [0.1, 0.15) is 0 Å². The molecule has 0 bridgehead atoms. The second-order valence-electron chi connectivity index (χ2n) is 3.22. The maximum Gasteiger partial charge on any atom is 0.223 e. The molecule has 0 aromatic carbocycles. The SMILES string of the molecule is CC.CC.CN1CCN(C(=O)CCN)CC1. The van der Waals surface area contributed by atoms with E-state index in [2.05, 4.69) is 11.9 Å². The van der Waals surface area contributed by atoms with E-state index in [0.29, 0.717) is 13.0 Å². The lowest BCUT2D eigenvalue weighted by Crippen LogP contribution is -2.47. The molecule has 1 heterocycles. The Kier molecular flexibility index (Phi) is 13.8. The van der Waals surface area contributed by atoms with E-state index >= 15 is 0 Å². The summed E-state index contributed by atoms with van der Waals surface area (Å²) >= 11 is 0. The number of hydrogen-bond acceptors (Lipinski definition) is 3. The first-order chi connectivity index (χ1) is 7.74. The van der Waals surface area contributed by atoms with Gasteiger partial charge in [0.25, 0.3) is 0 Å². The minimum atomic E-state index is 0.200. The highest BCUT2D eigenvalue weighted by atomic mass is 16.2. The van der Waals surface area contributed by atoms with Gasteiger partial charge in [-0.3, -0.25) is 4.79 Å². The largest absolute Gasteiger partial charge is 0.340 e. The van der Waals surface area contributed by atoms with E-state index in [9.17, 15) is 4.79 Å². The van der Waals surface area contributed by atoms with Gasteiger partial charge in [0.15, 0.2) is 0 Å². The Bertz CT molecular complexity index is 154. The number of carbonyl (C=O) groups excluding carboxylic acids is 1. The molecule has 16 heavy (non-hydrogen) atoms. The maximum atomic E-state index is 11.3. The van der Waals surface area contributed by atoms with Crippen molar-refractivity contribution in [2.45, 2.75) is 34.1 Å². The Morgan fingerprint density at radius 1 is 1.06 bits per heavy atom. The molecule has 1 saturated heterocycles. The van der Waals surface area contributed by atoms with Gasteiger partial charge >= 0.3 is 0 Å². The third-order valence-corrected chi connectivity index (χ3v) is 2.21. The van der Waals surface area contributed by atoms with Crippen LogP contribution in [0.1, 0.15) is 34.1 Å². The summed E-state index contributed by atoms with van der Waals surface area (Å²) in [5.41, 5.74) is 5.31. The molecule has 4 nitrogen and oxygen atoms in total. The van der Waals surface area contributed by atoms with E-state index in [1.807, 2.05) is 32.6 Å². The Hall–Kier alpha value is -0.610. The standard InChI is InChI=1S/C8H17N3O.2C2H6/c1-10-4-6-11(7-5-10)8(12)2-3-9;2*1-2/h2-7,9H2,1H3;2*1-2H3. The van der Waals surface area contributed by atoms with Crippen LogP contribution in [0.5, 0.6) is 0 Å². The van der Waals surface area contributed by atoms with Gasteiger partial charge < -0.3 is 15.5 Å². The fourth-order valence-corrected chi connectivity index (χ4v) is 1.34. The molecule has 1 fully saturated rings. The van der Waals surface area contributed by atoms with Crippen LogP contribution in [0.25, 0.3) is 0 Å². The van der Waals surface area contributed by atoms with E-state index in [4.69, 9.17) is 5.73 Å². The van der Waals surface area contributed by atoms with Crippen LogP contribution in [0.2, 0.25) is 0 Å². The van der Waals surface area contributed by atoms with Crippen LogP contribution in [0, 0.1) is 0 Å². The molecule has 98 valence electrons. The Morgan fingerprint density at radius 3 is 1.88 bits per heavy atom. The van der Waals surface area contributed by atoms with E-state index < -0.39 is 0 Å². The zero-order chi connectivity index (χ0) is 13.0. The van der Waals surface area contributed by atoms with Gasteiger partial charge in [-0.2, -0.15) is 0 Å². The lowest BCUT2D eigenvalue weighted by molar-refractivity contribution is -0.132. The predicted octanol–water partition coefficient (Wildman–Crippen LogP) is 1.16. The molecule has 2 N–H and O–H groups in total. The molecule has 0 aromatic rings. The highest BCUT2D eigenvalue weighted by molar-refractivity contribution is 5.76. The van der Waals surface area contributed by atoms with Gasteiger partial charge in [0, 0.05) is 39.1 Å². The molecule has 1 aliphatic rings. The quantitative estimate of drug-likeness (QED) is 0.776. The van der Waals surface area contributed by atoms with Crippen molar-refractivity contribution in [1.82, 2.24) is 9.80 Å². The lowest BCUT2D eigenvalue weighted by atomic mass is 10.3. The summed E-state index contributed by atoms with van der Waals surface area (Å²) in [6.07, 6.45) is 0.490. The number of hydrogen-bond donors (Lipinski definition) is 1. The van der Waals surface area contributed by atoms with Gasteiger partial charge in [0.2, 0.25) is 5.91 Å². The van der Waals surface area contributed by atoms with Gasteiger partial charge in [-0.05, 0) is 7.05 Å². The average Bonchev–Trinajstić information content (AvgIpc) is 2.35. The van der Waals surface area contributed by atoms with Crippen LogP contribution in [0.3, 0.4) is 0 Å². The van der Waals surface area contributed by atoms with Gasteiger partial charge in [0.05, 0.1) is 0 Å². The molecular formula is C12H29N3O. The first-order valence-corrected chi connectivity index (χ1v) is 6.40. The number of amides is 1. The van der Waals surface area contributed by atoms with Gasteiger partial charge in [-0.25, -0.2) is 0 Å². The summed E-state index contributed by atoms with van der Waals surface area (Å²) in [6, 6.07) is 0. The predicted molar refractivity (Wildman–Crippen MR) is 70.4 cm³/mol. The zero-order valence-electron chi connectivity index (χ0n) is 11.6. The van der Waals surface area contributed by atoms with Crippen LogP contribution in [-0.2, 0) is 4.79 Å². The molecule has 0 aliphatic carbocycles. The molecule has 1 rings (SSSR count). The van der Waals surface area contributed by atoms with Crippen LogP contribution in [0.4, 0.5) is 0 Å². The van der Waals surface area contributed by atoms with Crippen molar-refractivity contribution in [2.75, 3.05) is 39.8 Å². The van der Waals surface area contributed by atoms with Crippen LogP contribution in [-0.4, -0.2) is 55.5 Å². The van der Waals surface area contributed by atoms with Crippen LogP contribution >= 0.6 is 0 Å². The molecule has 0 radical (unpaired) electrons. The molecule has 4 heteroatoms. The van der Waals surface area contributed by atoms with E-state index in [1.54, 1.807) is 0 Å². The summed E-state index contributed by atoms with van der Waals surface area (Å²) in [5.74, 6) is 0.200. The number of rotatable bonds is 2. The molecule has 0 saturated carbocycles. The third kappa shape index (κ3) is 7.65. The topological polar surface area (TPSA) is 49.6 Å². The minimum absolute atomic E-state index is 0.200. The highest BCUT2D eigenvalue weighted by Crippen LogP contribution is 2.00.